The third-order valence-electron chi connectivity index (χ3n) is 4.61. The fourth-order valence-corrected chi connectivity index (χ4v) is 3.27. The number of likely N-dealkylation sites (tertiary alicyclic amines) is 1. The third kappa shape index (κ3) is 5.65. The maximum atomic E-state index is 11.4. The van der Waals surface area contributed by atoms with Crippen molar-refractivity contribution in [1.82, 2.24) is 4.90 Å². The SMILES string of the molecule is COCC(=O)Nc1ccc(OCCCCN2C[C@H]3C[C@H]3C2)cc1.Cl. The van der Waals surface area contributed by atoms with Crippen LogP contribution in [0.4, 0.5) is 5.69 Å². The van der Waals surface area contributed by atoms with Crippen LogP contribution in [0.3, 0.4) is 0 Å². The van der Waals surface area contributed by atoms with Crippen molar-refractivity contribution in [3.8, 4) is 5.75 Å². The molecule has 0 unspecified atom stereocenters. The van der Waals surface area contributed by atoms with Crippen LogP contribution < -0.4 is 10.1 Å². The number of nitrogens with one attached hydrogen (secondary N) is 1. The Hall–Kier alpha value is -1.30. The molecule has 2 atom stereocenters. The van der Waals surface area contributed by atoms with Gasteiger partial charge in [0.15, 0.2) is 0 Å². The highest BCUT2D eigenvalue weighted by Gasteiger charge is 2.44. The first-order chi connectivity index (χ1) is 11.2. The third-order valence-corrected chi connectivity index (χ3v) is 4.61. The Kier molecular flexibility index (Phi) is 7.34. The molecule has 1 saturated heterocycles. The Balaban J connectivity index is 0.00000208. The summed E-state index contributed by atoms with van der Waals surface area (Å²) in [6.45, 7) is 4.66. The van der Waals surface area contributed by atoms with E-state index in [0.717, 1.165) is 36.3 Å². The second-order valence-corrected chi connectivity index (χ2v) is 6.58. The van der Waals surface area contributed by atoms with Crippen LogP contribution in [0.5, 0.6) is 5.75 Å². The van der Waals surface area contributed by atoms with E-state index in [1.54, 1.807) is 0 Å². The fraction of sp³-hybridized carbons (Fsp3) is 0.611. The fourth-order valence-electron chi connectivity index (χ4n) is 3.27. The topological polar surface area (TPSA) is 50.8 Å². The molecule has 1 aliphatic carbocycles. The van der Waals surface area contributed by atoms with E-state index in [2.05, 4.69) is 10.2 Å². The van der Waals surface area contributed by atoms with Crippen LogP contribution in [0.25, 0.3) is 0 Å². The Morgan fingerprint density at radius 1 is 1.21 bits per heavy atom. The van der Waals surface area contributed by atoms with Gasteiger partial charge in [0, 0.05) is 25.9 Å². The molecule has 0 aromatic heterocycles. The highest BCUT2D eigenvalue weighted by atomic mass is 35.5. The summed E-state index contributed by atoms with van der Waals surface area (Å²) in [4.78, 5) is 14.0. The second kappa shape index (κ2) is 9.25. The molecule has 0 radical (unpaired) electrons. The Morgan fingerprint density at radius 3 is 2.58 bits per heavy atom. The van der Waals surface area contributed by atoms with E-state index in [1.165, 1.54) is 39.6 Å². The molecule has 1 saturated carbocycles. The van der Waals surface area contributed by atoms with Gasteiger partial charge in [0.25, 0.3) is 0 Å². The van der Waals surface area contributed by atoms with E-state index < -0.39 is 0 Å². The van der Waals surface area contributed by atoms with Crippen LogP contribution in [-0.2, 0) is 9.53 Å². The minimum absolute atomic E-state index is 0. The van der Waals surface area contributed by atoms with Crippen LogP contribution in [0.2, 0.25) is 0 Å². The number of carbonyl (C=O) groups is 1. The zero-order chi connectivity index (χ0) is 16.1. The van der Waals surface area contributed by atoms with Crippen LogP contribution in [0, 0.1) is 11.8 Å². The van der Waals surface area contributed by atoms with Crippen LogP contribution in [-0.4, -0.2) is 50.8 Å². The van der Waals surface area contributed by atoms with Gasteiger partial charge in [0.2, 0.25) is 5.91 Å². The van der Waals surface area contributed by atoms with Crippen LogP contribution in [0.1, 0.15) is 19.3 Å². The first-order valence-corrected chi connectivity index (χ1v) is 8.48. The number of piperidine rings is 1. The molecule has 2 aliphatic rings. The van der Waals surface area contributed by atoms with Crippen LogP contribution >= 0.6 is 12.4 Å². The first kappa shape index (κ1) is 19.0. The Bertz CT molecular complexity index is 514. The lowest BCUT2D eigenvalue weighted by molar-refractivity contribution is -0.119. The molecule has 1 amide bonds. The van der Waals surface area contributed by atoms with E-state index >= 15 is 0 Å². The van der Waals surface area contributed by atoms with Crippen molar-refractivity contribution in [1.29, 1.82) is 0 Å². The summed E-state index contributed by atoms with van der Waals surface area (Å²) in [6.07, 6.45) is 3.75. The number of anilines is 1. The molecule has 1 heterocycles. The van der Waals surface area contributed by atoms with Crippen molar-refractivity contribution in [2.75, 3.05) is 45.3 Å². The number of rotatable bonds is 9. The molecule has 24 heavy (non-hydrogen) atoms. The van der Waals surface area contributed by atoms with E-state index in [-0.39, 0.29) is 24.9 Å². The number of benzene rings is 1. The lowest BCUT2D eigenvalue weighted by Crippen LogP contribution is -2.24. The van der Waals surface area contributed by atoms with E-state index in [9.17, 15) is 4.79 Å². The number of amides is 1. The molecule has 1 aromatic carbocycles. The minimum atomic E-state index is -0.152. The summed E-state index contributed by atoms with van der Waals surface area (Å²) >= 11 is 0. The number of hydrogen-bond acceptors (Lipinski definition) is 4. The quantitative estimate of drug-likeness (QED) is 0.693. The maximum Gasteiger partial charge on any atom is 0.250 e. The van der Waals surface area contributed by atoms with Gasteiger partial charge in [-0.3, -0.25) is 4.79 Å². The summed E-state index contributed by atoms with van der Waals surface area (Å²) in [5.41, 5.74) is 0.756. The van der Waals surface area contributed by atoms with Crippen molar-refractivity contribution in [2.45, 2.75) is 19.3 Å². The summed E-state index contributed by atoms with van der Waals surface area (Å²) in [7, 11) is 1.50. The monoisotopic (exact) mass is 354 g/mol. The molecular formula is C18H27ClN2O3. The van der Waals surface area contributed by atoms with Gasteiger partial charge in [-0.05, 0) is 61.9 Å². The normalized spacial score (nSPS) is 21.7. The van der Waals surface area contributed by atoms with Crippen molar-refractivity contribution >= 4 is 24.0 Å². The summed E-state index contributed by atoms with van der Waals surface area (Å²) in [5, 5.41) is 2.76. The summed E-state index contributed by atoms with van der Waals surface area (Å²) in [6, 6.07) is 7.46. The number of nitrogens with zero attached hydrogens (tertiary/aromatic N) is 1. The van der Waals surface area contributed by atoms with E-state index in [1.807, 2.05) is 24.3 Å². The molecular weight excluding hydrogens is 328 g/mol. The van der Waals surface area contributed by atoms with Crippen molar-refractivity contribution in [3.63, 3.8) is 0 Å². The molecule has 5 nitrogen and oxygen atoms in total. The first-order valence-electron chi connectivity index (χ1n) is 8.48. The Labute approximate surface area is 150 Å². The summed E-state index contributed by atoms with van der Waals surface area (Å²) < 4.78 is 10.5. The minimum Gasteiger partial charge on any atom is -0.494 e. The number of unbranched alkanes of at least 4 members (excludes halogenated alkanes) is 1. The van der Waals surface area contributed by atoms with Gasteiger partial charge < -0.3 is 19.7 Å². The standard InChI is InChI=1S/C18H26N2O3.ClH/c1-22-13-18(21)19-16-4-6-17(7-5-16)23-9-3-2-8-20-11-14-10-15(14)12-20;/h4-7,14-15H,2-3,8-13H2,1H3,(H,19,21);1H/t14-,15+;. The predicted octanol–water partition coefficient (Wildman–Crippen LogP) is 2.80. The van der Waals surface area contributed by atoms with Crippen molar-refractivity contribution in [3.05, 3.63) is 24.3 Å². The van der Waals surface area contributed by atoms with Gasteiger partial charge in [0.05, 0.1) is 6.61 Å². The van der Waals surface area contributed by atoms with Gasteiger partial charge in [-0.2, -0.15) is 0 Å². The zero-order valence-corrected chi connectivity index (χ0v) is 15.0. The van der Waals surface area contributed by atoms with Gasteiger partial charge >= 0.3 is 0 Å². The van der Waals surface area contributed by atoms with Gasteiger partial charge in [-0.15, -0.1) is 12.4 Å². The Morgan fingerprint density at radius 2 is 1.92 bits per heavy atom. The zero-order valence-electron chi connectivity index (χ0n) is 14.2. The van der Waals surface area contributed by atoms with Crippen molar-refractivity contribution in [2.24, 2.45) is 11.8 Å². The molecule has 0 spiro atoms. The summed E-state index contributed by atoms with van der Waals surface area (Å²) in [5.74, 6) is 2.74. The molecule has 1 N–H and O–H groups in total. The predicted molar refractivity (Wildman–Crippen MR) is 97.0 cm³/mol. The van der Waals surface area contributed by atoms with Gasteiger partial charge in [0.1, 0.15) is 12.4 Å². The average molecular weight is 355 g/mol. The lowest BCUT2D eigenvalue weighted by Gasteiger charge is -2.16. The van der Waals surface area contributed by atoms with Crippen molar-refractivity contribution < 1.29 is 14.3 Å². The molecule has 2 fully saturated rings. The largest absolute Gasteiger partial charge is 0.494 e. The number of methoxy groups -OCH3 is 1. The molecule has 6 heteroatoms. The van der Waals surface area contributed by atoms with Gasteiger partial charge in [-0.25, -0.2) is 0 Å². The number of ether oxygens (including phenoxy) is 2. The number of carbonyl (C=O) groups excluding carboxylic acids is 1. The molecule has 1 aromatic rings. The van der Waals surface area contributed by atoms with Crippen LogP contribution in [0.15, 0.2) is 24.3 Å². The van der Waals surface area contributed by atoms with Gasteiger partial charge in [-0.1, -0.05) is 0 Å². The van der Waals surface area contributed by atoms with E-state index in [0.29, 0.717) is 0 Å². The second-order valence-electron chi connectivity index (χ2n) is 6.58. The number of hydrogen-bond donors (Lipinski definition) is 1. The highest BCUT2D eigenvalue weighted by molar-refractivity contribution is 5.91. The lowest BCUT2D eigenvalue weighted by atomic mass is 10.3. The average Bonchev–Trinajstić information content (AvgIpc) is 3.15. The molecule has 0 bridgehead atoms. The number of halogens is 1. The maximum absolute atomic E-state index is 11.4. The molecule has 134 valence electrons. The smallest absolute Gasteiger partial charge is 0.250 e. The van der Waals surface area contributed by atoms with E-state index in [4.69, 9.17) is 9.47 Å². The molecule has 1 aliphatic heterocycles. The molecule has 3 rings (SSSR count). The highest BCUT2D eigenvalue weighted by Crippen LogP contribution is 2.44. The number of fused-ring (bicyclic) bond motifs is 1.